The van der Waals surface area contributed by atoms with Gasteiger partial charge in [-0.25, -0.2) is 19.9 Å². The molecule has 0 fully saturated rings. The van der Waals surface area contributed by atoms with Gasteiger partial charge in [0.2, 0.25) is 11.8 Å². The van der Waals surface area contributed by atoms with E-state index in [0.29, 0.717) is 24.5 Å². The van der Waals surface area contributed by atoms with Crippen molar-refractivity contribution in [1.82, 2.24) is 29.1 Å². The van der Waals surface area contributed by atoms with Crippen molar-refractivity contribution < 1.29 is 9.59 Å². The lowest BCUT2D eigenvalue weighted by molar-refractivity contribution is -0.116. The fourth-order valence-electron chi connectivity index (χ4n) is 7.90. The number of hydrogen-bond acceptors (Lipinski definition) is 6. The van der Waals surface area contributed by atoms with E-state index in [9.17, 15) is 9.59 Å². The minimum absolute atomic E-state index is 0.0855. The molecule has 2 amide bonds. The highest BCUT2D eigenvalue weighted by atomic mass is 16.2. The van der Waals surface area contributed by atoms with Crippen LogP contribution in [0.25, 0.3) is 44.6 Å². The van der Waals surface area contributed by atoms with Gasteiger partial charge in [-0.2, -0.15) is 0 Å². The molecule has 0 aliphatic heterocycles. The smallest absolute Gasteiger partial charge is 0.229 e. The lowest BCUT2D eigenvalue weighted by Crippen LogP contribution is -2.15. The Bertz CT molecular complexity index is 3290. The maximum atomic E-state index is 12.5. The molecule has 0 aliphatic carbocycles. The van der Waals surface area contributed by atoms with Crippen molar-refractivity contribution >= 4 is 45.5 Å². The standard InChI is InChI=1S/2C28H24N4O/c1-20-8-5-6-11-23(20)18-32-19-29-25-17-22(14-15-26(25)32)24-12-7-13-27(30-24)31-28(33)16-21-9-3-2-4-10-21;1-20-8-5-6-11-23(20)18-32-19-29-25-15-14-22(17-26(25)32)24-12-7-13-27(30-24)31-28(33)16-21-9-3-2-4-10-21/h2*2-15,17,19H,16,18H2,1H3,(H,30,31,33). The number of nitrogens with one attached hydrogen (secondary N) is 2. The van der Waals surface area contributed by atoms with E-state index in [4.69, 9.17) is 0 Å². The van der Waals surface area contributed by atoms with Gasteiger partial charge in [-0.15, -0.1) is 0 Å². The summed E-state index contributed by atoms with van der Waals surface area (Å²) in [6.07, 6.45) is 4.40. The normalized spacial score (nSPS) is 10.9. The zero-order valence-electron chi connectivity index (χ0n) is 36.8. The highest BCUT2D eigenvalue weighted by molar-refractivity contribution is 5.92. The average molecular weight is 865 g/mol. The number of carbonyl (C=O) groups excluding carboxylic acids is 2. The summed E-state index contributed by atoms with van der Waals surface area (Å²) in [5, 5.41) is 5.82. The summed E-state index contributed by atoms with van der Waals surface area (Å²) in [6, 6.07) is 59.8. The minimum Gasteiger partial charge on any atom is -0.326 e. The van der Waals surface area contributed by atoms with Crippen LogP contribution in [0.2, 0.25) is 0 Å². The van der Waals surface area contributed by atoms with E-state index in [1.807, 2.05) is 128 Å². The number of aryl methyl sites for hydroxylation is 2. The van der Waals surface area contributed by atoms with Gasteiger partial charge in [-0.3, -0.25) is 9.59 Å². The van der Waals surface area contributed by atoms with Gasteiger partial charge in [-0.05, 0) is 95.8 Å². The maximum absolute atomic E-state index is 12.5. The Hall–Kier alpha value is -8.50. The minimum atomic E-state index is -0.0868. The molecule has 10 heteroatoms. The van der Waals surface area contributed by atoms with E-state index in [1.54, 1.807) is 0 Å². The van der Waals surface area contributed by atoms with Crippen molar-refractivity contribution in [3.05, 3.63) is 228 Å². The first-order chi connectivity index (χ1) is 32.3. The largest absolute Gasteiger partial charge is 0.326 e. The second-order valence-electron chi connectivity index (χ2n) is 16.2. The summed E-state index contributed by atoms with van der Waals surface area (Å²) in [5.41, 5.74) is 14.5. The number of hydrogen-bond donors (Lipinski definition) is 2. The highest BCUT2D eigenvalue weighted by Crippen LogP contribution is 2.27. The third-order valence-corrected chi connectivity index (χ3v) is 11.5. The van der Waals surface area contributed by atoms with Gasteiger partial charge < -0.3 is 19.8 Å². The van der Waals surface area contributed by atoms with Crippen LogP contribution in [0, 0.1) is 13.8 Å². The molecule has 6 aromatic carbocycles. The first-order valence-electron chi connectivity index (χ1n) is 21.9. The van der Waals surface area contributed by atoms with Crippen molar-refractivity contribution in [1.29, 1.82) is 0 Å². The van der Waals surface area contributed by atoms with Gasteiger partial charge in [0.15, 0.2) is 0 Å². The predicted octanol–water partition coefficient (Wildman–Crippen LogP) is 11.3. The molecule has 0 unspecified atom stereocenters. The number of fused-ring (bicyclic) bond motifs is 2. The molecule has 0 saturated carbocycles. The summed E-state index contributed by atoms with van der Waals surface area (Å²) < 4.78 is 4.32. The Labute approximate surface area is 383 Å². The highest BCUT2D eigenvalue weighted by Gasteiger charge is 2.12. The van der Waals surface area contributed by atoms with Gasteiger partial charge in [0.1, 0.15) is 11.6 Å². The lowest BCUT2D eigenvalue weighted by atomic mass is 10.1. The number of nitrogens with zero attached hydrogens (tertiary/aromatic N) is 6. The SMILES string of the molecule is Cc1ccccc1Cn1cnc2cc(-c3cccc(NC(=O)Cc4ccccc4)n3)ccc21.Cc1ccccc1Cn1cnc2ccc(-c3cccc(NC(=O)Cc4ccccc4)n3)cc21. The van der Waals surface area contributed by atoms with Crippen molar-refractivity contribution in [3.8, 4) is 22.5 Å². The Balaban J connectivity index is 0.000000166. The quantitative estimate of drug-likeness (QED) is 0.126. The topological polar surface area (TPSA) is 120 Å². The molecule has 10 rings (SSSR count). The number of rotatable bonds is 12. The number of aromatic nitrogens is 6. The van der Waals surface area contributed by atoms with Crippen molar-refractivity contribution in [3.63, 3.8) is 0 Å². The van der Waals surface area contributed by atoms with Crippen molar-refractivity contribution in [2.24, 2.45) is 0 Å². The zero-order valence-corrected chi connectivity index (χ0v) is 36.8. The second-order valence-corrected chi connectivity index (χ2v) is 16.2. The van der Waals surface area contributed by atoms with Gasteiger partial charge in [-0.1, -0.05) is 133 Å². The summed E-state index contributed by atoms with van der Waals surface area (Å²) in [6.45, 7) is 5.80. The van der Waals surface area contributed by atoms with E-state index in [2.05, 4.69) is 120 Å². The molecule has 0 radical (unpaired) electrons. The number of benzene rings is 6. The third kappa shape index (κ3) is 10.5. The monoisotopic (exact) mass is 864 g/mol. The molecular formula is C56H48N8O2. The Kier molecular flexibility index (Phi) is 12.9. The fourth-order valence-corrected chi connectivity index (χ4v) is 7.90. The average Bonchev–Trinajstić information content (AvgIpc) is 3.94. The molecule has 10 aromatic rings. The molecule has 0 atom stereocenters. The van der Waals surface area contributed by atoms with Crippen LogP contribution < -0.4 is 10.6 Å². The summed E-state index contributed by atoms with van der Waals surface area (Å²) in [5.74, 6) is 0.911. The third-order valence-electron chi connectivity index (χ3n) is 11.5. The Morgan fingerprint density at radius 3 is 1.47 bits per heavy atom. The Morgan fingerprint density at radius 2 is 0.924 bits per heavy atom. The molecule has 66 heavy (non-hydrogen) atoms. The molecule has 4 heterocycles. The number of pyridine rings is 2. The van der Waals surface area contributed by atoms with Gasteiger partial charge in [0.05, 0.1) is 59.0 Å². The van der Waals surface area contributed by atoms with Gasteiger partial charge >= 0.3 is 0 Å². The van der Waals surface area contributed by atoms with E-state index in [-0.39, 0.29) is 11.8 Å². The first kappa shape index (κ1) is 42.8. The summed E-state index contributed by atoms with van der Waals surface area (Å²) in [4.78, 5) is 43.4. The van der Waals surface area contributed by atoms with Crippen LogP contribution in [0.1, 0.15) is 33.4 Å². The molecule has 324 valence electrons. The number of amides is 2. The van der Waals surface area contributed by atoms with Crippen LogP contribution in [-0.4, -0.2) is 40.9 Å². The fraction of sp³-hybridized carbons (Fsp3) is 0.107. The van der Waals surface area contributed by atoms with E-state index in [0.717, 1.165) is 68.8 Å². The van der Waals surface area contributed by atoms with E-state index >= 15 is 0 Å². The number of carbonyl (C=O) groups is 2. The lowest BCUT2D eigenvalue weighted by Gasteiger charge is -2.09. The van der Waals surface area contributed by atoms with Gasteiger partial charge in [0, 0.05) is 24.2 Å². The molecule has 10 nitrogen and oxygen atoms in total. The molecule has 4 aromatic heterocycles. The summed E-state index contributed by atoms with van der Waals surface area (Å²) >= 11 is 0. The number of imidazole rings is 2. The van der Waals surface area contributed by atoms with Crippen molar-refractivity contribution in [2.75, 3.05) is 10.6 Å². The van der Waals surface area contributed by atoms with E-state index in [1.165, 1.54) is 22.3 Å². The Morgan fingerprint density at radius 1 is 0.455 bits per heavy atom. The molecule has 2 N–H and O–H groups in total. The second kappa shape index (κ2) is 19.9. The van der Waals surface area contributed by atoms with Crippen LogP contribution in [0.15, 0.2) is 195 Å². The van der Waals surface area contributed by atoms with Crippen LogP contribution in [-0.2, 0) is 35.5 Å². The predicted molar refractivity (Wildman–Crippen MR) is 264 cm³/mol. The van der Waals surface area contributed by atoms with Gasteiger partial charge in [0.25, 0.3) is 0 Å². The molecule has 0 aliphatic rings. The molecule has 0 saturated heterocycles. The van der Waals surface area contributed by atoms with Crippen LogP contribution in [0.3, 0.4) is 0 Å². The first-order valence-corrected chi connectivity index (χ1v) is 21.9. The van der Waals surface area contributed by atoms with Crippen molar-refractivity contribution in [2.45, 2.75) is 39.8 Å². The maximum Gasteiger partial charge on any atom is 0.229 e. The van der Waals surface area contributed by atoms with Crippen LogP contribution in [0.5, 0.6) is 0 Å². The zero-order chi connectivity index (χ0) is 45.2. The summed E-state index contributed by atoms with van der Waals surface area (Å²) in [7, 11) is 0. The van der Waals surface area contributed by atoms with Crippen LogP contribution >= 0.6 is 0 Å². The molecule has 0 spiro atoms. The molecular weight excluding hydrogens is 817 g/mol. The van der Waals surface area contributed by atoms with Crippen LogP contribution in [0.4, 0.5) is 11.6 Å². The number of anilines is 2. The molecule has 0 bridgehead atoms. The van der Waals surface area contributed by atoms with E-state index < -0.39 is 0 Å².